The van der Waals surface area contributed by atoms with Gasteiger partial charge >= 0.3 is 0 Å². The minimum atomic E-state index is 0.119. The first-order valence-electron chi connectivity index (χ1n) is 6.91. The molecular formula is C13H30N2O2. The van der Waals surface area contributed by atoms with Gasteiger partial charge in [-0.3, -0.25) is 0 Å². The van der Waals surface area contributed by atoms with Crippen molar-refractivity contribution in [2.24, 2.45) is 11.5 Å². The van der Waals surface area contributed by atoms with Crippen LogP contribution in [0.25, 0.3) is 0 Å². The zero-order valence-corrected chi connectivity index (χ0v) is 11.5. The van der Waals surface area contributed by atoms with Gasteiger partial charge in [-0.15, -0.1) is 0 Å². The topological polar surface area (TPSA) is 70.5 Å². The smallest absolute Gasteiger partial charge is 0.0725 e. The molecule has 0 spiro atoms. The summed E-state index contributed by atoms with van der Waals surface area (Å²) in [5, 5.41) is 0. The first-order valence-corrected chi connectivity index (χ1v) is 6.91. The van der Waals surface area contributed by atoms with Crippen LogP contribution in [0.2, 0.25) is 0 Å². The Kier molecular flexibility index (Phi) is 12.2. The number of hydrogen-bond donors (Lipinski definition) is 2. The van der Waals surface area contributed by atoms with Gasteiger partial charge in [0.1, 0.15) is 0 Å². The van der Waals surface area contributed by atoms with Gasteiger partial charge in [0.25, 0.3) is 0 Å². The molecule has 0 aromatic heterocycles. The third-order valence-electron chi connectivity index (χ3n) is 2.83. The van der Waals surface area contributed by atoms with E-state index in [2.05, 4.69) is 0 Å². The van der Waals surface area contributed by atoms with E-state index in [4.69, 9.17) is 20.9 Å². The second-order valence-electron chi connectivity index (χ2n) is 4.28. The molecule has 17 heavy (non-hydrogen) atoms. The summed E-state index contributed by atoms with van der Waals surface area (Å²) in [7, 11) is 0. The predicted octanol–water partition coefficient (Wildman–Crippen LogP) is 1.66. The summed E-state index contributed by atoms with van der Waals surface area (Å²) in [5.41, 5.74) is 11.6. The molecule has 4 N–H and O–H groups in total. The van der Waals surface area contributed by atoms with Crippen LogP contribution in [0.15, 0.2) is 0 Å². The highest BCUT2D eigenvalue weighted by atomic mass is 16.5. The quantitative estimate of drug-likeness (QED) is 0.514. The van der Waals surface area contributed by atoms with Crippen LogP contribution in [0.5, 0.6) is 0 Å². The fourth-order valence-electron chi connectivity index (χ4n) is 1.88. The molecule has 104 valence electrons. The lowest BCUT2D eigenvalue weighted by molar-refractivity contribution is 0.0318. The molecule has 2 unspecified atom stereocenters. The molecule has 0 aromatic carbocycles. The molecule has 0 rings (SSSR count). The van der Waals surface area contributed by atoms with Gasteiger partial charge in [0.05, 0.1) is 6.10 Å². The first-order chi connectivity index (χ1) is 8.26. The number of hydrogen-bond acceptors (Lipinski definition) is 4. The summed E-state index contributed by atoms with van der Waals surface area (Å²) < 4.78 is 11.0. The minimum Gasteiger partial charge on any atom is -0.382 e. The van der Waals surface area contributed by atoms with Crippen molar-refractivity contribution in [3.05, 3.63) is 0 Å². The maximum atomic E-state index is 6.16. The van der Waals surface area contributed by atoms with Crippen molar-refractivity contribution in [3.8, 4) is 0 Å². The Morgan fingerprint density at radius 3 is 2.35 bits per heavy atom. The van der Waals surface area contributed by atoms with E-state index in [1.807, 2.05) is 13.8 Å². The molecular weight excluding hydrogens is 216 g/mol. The van der Waals surface area contributed by atoms with Crippen LogP contribution in [0, 0.1) is 0 Å². The molecule has 0 fully saturated rings. The lowest BCUT2D eigenvalue weighted by atomic mass is 10.0. The molecule has 0 aliphatic rings. The Balaban J connectivity index is 3.75. The van der Waals surface area contributed by atoms with Gasteiger partial charge in [0.2, 0.25) is 0 Å². The first kappa shape index (κ1) is 16.8. The molecule has 0 amide bonds. The van der Waals surface area contributed by atoms with Crippen molar-refractivity contribution >= 4 is 0 Å². The maximum absolute atomic E-state index is 6.16. The van der Waals surface area contributed by atoms with E-state index >= 15 is 0 Å². The van der Waals surface area contributed by atoms with Crippen molar-refractivity contribution in [1.29, 1.82) is 0 Å². The molecule has 4 nitrogen and oxygen atoms in total. The summed E-state index contributed by atoms with van der Waals surface area (Å²) in [6.45, 7) is 7.08. The Bertz CT molecular complexity index is 156. The van der Waals surface area contributed by atoms with Crippen LogP contribution in [0.3, 0.4) is 0 Å². The van der Waals surface area contributed by atoms with Crippen LogP contribution in [0.1, 0.15) is 46.0 Å². The summed E-state index contributed by atoms with van der Waals surface area (Å²) in [6.07, 6.45) is 5.31. The van der Waals surface area contributed by atoms with Crippen LogP contribution in [-0.2, 0) is 9.47 Å². The Morgan fingerprint density at radius 2 is 1.76 bits per heavy atom. The van der Waals surface area contributed by atoms with E-state index in [9.17, 15) is 0 Å². The summed E-state index contributed by atoms with van der Waals surface area (Å²) >= 11 is 0. The largest absolute Gasteiger partial charge is 0.382 e. The van der Waals surface area contributed by atoms with Crippen LogP contribution in [-0.4, -0.2) is 38.5 Å². The van der Waals surface area contributed by atoms with Gasteiger partial charge in [-0.1, -0.05) is 0 Å². The van der Waals surface area contributed by atoms with Crippen molar-refractivity contribution in [2.45, 2.75) is 58.1 Å². The molecule has 4 heteroatoms. The Labute approximate surface area is 106 Å². The van der Waals surface area contributed by atoms with Crippen LogP contribution >= 0.6 is 0 Å². The summed E-state index contributed by atoms with van der Waals surface area (Å²) in [6, 6.07) is 0.119. The maximum Gasteiger partial charge on any atom is 0.0725 e. The highest BCUT2D eigenvalue weighted by Crippen LogP contribution is 2.12. The molecule has 0 bridgehead atoms. The Hall–Kier alpha value is -0.160. The second-order valence-corrected chi connectivity index (χ2v) is 4.28. The zero-order valence-electron chi connectivity index (χ0n) is 11.5. The van der Waals surface area contributed by atoms with Crippen LogP contribution < -0.4 is 11.5 Å². The number of rotatable bonds is 12. The lowest BCUT2D eigenvalue weighted by Crippen LogP contribution is -2.37. The average Bonchev–Trinajstić information content (AvgIpc) is 2.33. The van der Waals surface area contributed by atoms with E-state index in [0.717, 1.165) is 58.5 Å². The molecule has 0 saturated carbocycles. The molecule has 0 aliphatic heterocycles. The third kappa shape index (κ3) is 9.53. The normalized spacial score (nSPS) is 14.8. The molecule has 0 saturated heterocycles. The molecule has 2 atom stereocenters. The van der Waals surface area contributed by atoms with E-state index in [-0.39, 0.29) is 12.1 Å². The molecule has 0 aliphatic carbocycles. The third-order valence-corrected chi connectivity index (χ3v) is 2.83. The van der Waals surface area contributed by atoms with E-state index < -0.39 is 0 Å². The van der Waals surface area contributed by atoms with Gasteiger partial charge < -0.3 is 20.9 Å². The second kappa shape index (κ2) is 12.3. The minimum absolute atomic E-state index is 0.119. The number of nitrogens with two attached hydrogens (primary N) is 2. The monoisotopic (exact) mass is 246 g/mol. The fourth-order valence-corrected chi connectivity index (χ4v) is 1.88. The van der Waals surface area contributed by atoms with Gasteiger partial charge in [0.15, 0.2) is 0 Å². The fraction of sp³-hybridized carbons (Fsp3) is 1.00. The van der Waals surface area contributed by atoms with Crippen LogP contribution in [0.4, 0.5) is 0 Å². The van der Waals surface area contributed by atoms with Crippen molar-refractivity contribution in [3.63, 3.8) is 0 Å². The van der Waals surface area contributed by atoms with Gasteiger partial charge in [-0.2, -0.15) is 0 Å². The van der Waals surface area contributed by atoms with Crippen molar-refractivity contribution in [1.82, 2.24) is 0 Å². The SMILES string of the molecule is CCOCCCC(N)C(CCCCN)OCC. The number of ether oxygens (including phenoxy) is 2. The number of unbranched alkanes of at least 4 members (excludes halogenated alkanes) is 1. The predicted molar refractivity (Wildman–Crippen MR) is 72.0 cm³/mol. The summed E-state index contributed by atoms with van der Waals surface area (Å²) in [5.74, 6) is 0. The molecule has 0 aromatic rings. The standard InChI is InChI=1S/C13H30N2O2/c1-3-16-11-7-8-12(15)13(17-4-2)9-5-6-10-14/h12-13H,3-11,14-15H2,1-2H3. The lowest BCUT2D eigenvalue weighted by Gasteiger charge is -2.23. The van der Waals surface area contributed by atoms with E-state index in [1.165, 1.54) is 0 Å². The van der Waals surface area contributed by atoms with E-state index in [1.54, 1.807) is 0 Å². The van der Waals surface area contributed by atoms with Crippen molar-refractivity contribution in [2.75, 3.05) is 26.4 Å². The van der Waals surface area contributed by atoms with Gasteiger partial charge in [-0.05, 0) is 52.5 Å². The summed E-state index contributed by atoms with van der Waals surface area (Å²) in [4.78, 5) is 0. The average molecular weight is 246 g/mol. The van der Waals surface area contributed by atoms with Gasteiger partial charge in [0, 0.05) is 25.9 Å². The van der Waals surface area contributed by atoms with Crippen molar-refractivity contribution < 1.29 is 9.47 Å². The van der Waals surface area contributed by atoms with Gasteiger partial charge in [-0.25, -0.2) is 0 Å². The molecule has 0 radical (unpaired) electrons. The molecule has 0 heterocycles. The Morgan fingerprint density at radius 1 is 1.00 bits per heavy atom. The zero-order chi connectivity index (χ0) is 12.9. The highest BCUT2D eigenvalue weighted by molar-refractivity contribution is 4.73. The van der Waals surface area contributed by atoms with E-state index in [0.29, 0.717) is 0 Å². The highest BCUT2D eigenvalue weighted by Gasteiger charge is 2.17.